The highest BCUT2D eigenvalue weighted by atomic mass is 19.1. The monoisotopic (exact) mass is 509 g/mol. The Balaban J connectivity index is 1.09. The molecule has 38 heavy (non-hydrogen) atoms. The Morgan fingerprint density at radius 3 is 2.53 bits per heavy atom. The molecule has 3 aromatic carbocycles. The predicted octanol–water partition coefficient (Wildman–Crippen LogP) is 4.27. The number of hydrogen-bond acceptors (Lipinski definition) is 7. The van der Waals surface area contributed by atoms with E-state index in [1.165, 1.54) is 6.07 Å². The van der Waals surface area contributed by atoms with E-state index >= 15 is 0 Å². The molecule has 1 N–H and O–H groups in total. The number of rotatable bonds is 8. The number of nitrogens with one attached hydrogen (secondary N) is 1. The molecule has 1 fully saturated rings. The minimum Gasteiger partial charge on any atom is -0.367 e. The first-order valence-electron chi connectivity index (χ1n) is 12.9. The molecule has 8 nitrogen and oxygen atoms in total. The molecule has 5 aromatic rings. The molecule has 0 unspecified atom stereocenters. The van der Waals surface area contributed by atoms with Gasteiger partial charge in [0, 0.05) is 43.9 Å². The zero-order valence-electron chi connectivity index (χ0n) is 20.9. The van der Waals surface area contributed by atoms with Gasteiger partial charge in [-0.05, 0) is 43.3 Å². The first-order valence-corrected chi connectivity index (χ1v) is 12.9. The predicted molar refractivity (Wildman–Crippen MR) is 146 cm³/mol. The molecule has 1 aliphatic rings. The number of aromatic nitrogens is 4. The van der Waals surface area contributed by atoms with Crippen molar-refractivity contribution in [2.75, 3.05) is 49.5 Å². The second-order valence-corrected chi connectivity index (χ2v) is 9.44. The van der Waals surface area contributed by atoms with Gasteiger partial charge in [0.05, 0.1) is 16.7 Å². The van der Waals surface area contributed by atoms with Gasteiger partial charge in [0.2, 0.25) is 5.65 Å². The van der Waals surface area contributed by atoms with Crippen LogP contribution < -0.4 is 10.2 Å². The standard InChI is InChI=1S/C29H28FN7O/c30-23-9-4-5-10-25(23)36-17-15-35(16-18-36)14-6-13-31-28-29-34-32-20-37(29)26-19-22(11-12-24(26)33-28)27(38)21-7-2-1-3-8-21/h1-5,7-12,19-20H,6,13-18H2,(H,31,33). The molecule has 2 aromatic heterocycles. The Bertz CT molecular complexity index is 1580. The fourth-order valence-corrected chi connectivity index (χ4v) is 5.00. The van der Waals surface area contributed by atoms with Crippen molar-refractivity contribution >= 4 is 34.0 Å². The summed E-state index contributed by atoms with van der Waals surface area (Å²) < 4.78 is 16.0. The lowest BCUT2D eigenvalue weighted by Gasteiger charge is -2.36. The number of ketones is 1. The van der Waals surface area contributed by atoms with E-state index in [0.29, 0.717) is 28.3 Å². The number of anilines is 2. The van der Waals surface area contributed by atoms with Crippen molar-refractivity contribution in [2.24, 2.45) is 0 Å². The third-order valence-corrected chi connectivity index (χ3v) is 7.03. The number of carbonyl (C=O) groups excluding carboxylic acids is 1. The van der Waals surface area contributed by atoms with Gasteiger partial charge in [-0.15, -0.1) is 10.2 Å². The van der Waals surface area contributed by atoms with Crippen LogP contribution in [0.5, 0.6) is 0 Å². The van der Waals surface area contributed by atoms with Gasteiger partial charge in [-0.3, -0.25) is 14.1 Å². The summed E-state index contributed by atoms with van der Waals surface area (Å²) in [5.41, 5.74) is 4.09. The molecule has 3 heterocycles. The fraction of sp³-hybridized carbons (Fsp3) is 0.241. The van der Waals surface area contributed by atoms with Crippen LogP contribution in [0.2, 0.25) is 0 Å². The molecular weight excluding hydrogens is 481 g/mol. The summed E-state index contributed by atoms with van der Waals surface area (Å²) >= 11 is 0. The average Bonchev–Trinajstić information content (AvgIpc) is 3.47. The molecule has 1 saturated heterocycles. The topological polar surface area (TPSA) is 78.7 Å². The molecule has 0 radical (unpaired) electrons. The van der Waals surface area contributed by atoms with Crippen molar-refractivity contribution in [3.05, 3.63) is 96.1 Å². The summed E-state index contributed by atoms with van der Waals surface area (Å²) in [5.74, 6) is 0.471. The third kappa shape index (κ3) is 4.80. The van der Waals surface area contributed by atoms with Gasteiger partial charge in [0.15, 0.2) is 11.6 Å². The summed E-state index contributed by atoms with van der Waals surface area (Å²) in [5, 5.41) is 11.8. The number of fused-ring (bicyclic) bond motifs is 3. The highest BCUT2D eigenvalue weighted by Gasteiger charge is 2.19. The van der Waals surface area contributed by atoms with Crippen LogP contribution in [-0.4, -0.2) is 69.5 Å². The first kappa shape index (κ1) is 24.0. The minimum absolute atomic E-state index is 0.0364. The van der Waals surface area contributed by atoms with Crippen LogP contribution in [0, 0.1) is 5.82 Å². The molecule has 9 heteroatoms. The van der Waals surface area contributed by atoms with Crippen LogP contribution in [0.25, 0.3) is 16.7 Å². The number of hydrogen-bond donors (Lipinski definition) is 1. The van der Waals surface area contributed by atoms with Gasteiger partial charge in [0.25, 0.3) is 0 Å². The van der Waals surface area contributed by atoms with Gasteiger partial charge in [-0.1, -0.05) is 42.5 Å². The van der Waals surface area contributed by atoms with Crippen molar-refractivity contribution in [1.82, 2.24) is 24.5 Å². The lowest BCUT2D eigenvalue weighted by molar-refractivity contribution is 0.103. The van der Waals surface area contributed by atoms with Gasteiger partial charge in [-0.25, -0.2) is 9.37 Å². The van der Waals surface area contributed by atoms with E-state index in [1.54, 1.807) is 12.4 Å². The molecule has 0 atom stereocenters. The van der Waals surface area contributed by atoms with E-state index in [0.717, 1.165) is 56.7 Å². The van der Waals surface area contributed by atoms with Crippen LogP contribution in [0.15, 0.2) is 79.1 Å². The number of halogens is 1. The quantitative estimate of drug-likeness (QED) is 0.247. The van der Waals surface area contributed by atoms with Crippen LogP contribution in [0.4, 0.5) is 15.9 Å². The maximum Gasteiger partial charge on any atom is 0.203 e. The van der Waals surface area contributed by atoms with Crippen LogP contribution >= 0.6 is 0 Å². The third-order valence-electron chi connectivity index (χ3n) is 7.03. The SMILES string of the molecule is O=C(c1ccccc1)c1ccc2nc(NCCCN3CCN(c4ccccc4F)CC3)c3nncn3c2c1. The van der Waals surface area contributed by atoms with Crippen LogP contribution in [-0.2, 0) is 0 Å². The Labute approximate surface area is 219 Å². The number of benzene rings is 3. The Hall–Kier alpha value is -4.37. The van der Waals surface area contributed by atoms with E-state index in [9.17, 15) is 9.18 Å². The summed E-state index contributed by atoms with van der Waals surface area (Å²) in [6.07, 6.45) is 2.58. The van der Waals surface area contributed by atoms with Crippen LogP contribution in [0.3, 0.4) is 0 Å². The number of carbonyl (C=O) groups is 1. The van der Waals surface area contributed by atoms with E-state index in [1.807, 2.05) is 65.1 Å². The summed E-state index contributed by atoms with van der Waals surface area (Å²) in [6, 6.07) is 21.7. The van der Waals surface area contributed by atoms with E-state index in [4.69, 9.17) is 4.98 Å². The second-order valence-electron chi connectivity index (χ2n) is 9.44. The first-order chi connectivity index (χ1) is 18.7. The number of nitrogens with zero attached hydrogens (tertiary/aromatic N) is 6. The van der Waals surface area contributed by atoms with Gasteiger partial charge in [0.1, 0.15) is 12.1 Å². The molecular formula is C29H28FN7O. The lowest BCUT2D eigenvalue weighted by atomic mass is 10.0. The molecule has 1 aliphatic heterocycles. The van der Waals surface area contributed by atoms with Crippen molar-refractivity contribution in [1.29, 1.82) is 0 Å². The number of para-hydroxylation sites is 1. The molecule has 0 spiro atoms. The van der Waals surface area contributed by atoms with Crippen molar-refractivity contribution in [3.63, 3.8) is 0 Å². The highest BCUT2D eigenvalue weighted by molar-refractivity contribution is 6.10. The minimum atomic E-state index is -0.160. The Morgan fingerprint density at radius 1 is 0.921 bits per heavy atom. The Kier molecular flexibility index (Phi) is 6.66. The molecule has 0 saturated carbocycles. The Morgan fingerprint density at radius 2 is 1.71 bits per heavy atom. The molecule has 0 aliphatic carbocycles. The smallest absolute Gasteiger partial charge is 0.203 e. The summed E-state index contributed by atoms with van der Waals surface area (Å²) in [4.78, 5) is 22.3. The summed E-state index contributed by atoms with van der Waals surface area (Å²) in [6.45, 7) is 5.12. The largest absolute Gasteiger partial charge is 0.367 e. The maximum absolute atomic E-state index is 14.1. The average molecular weight is 510 g/mol. The van der Waals surface area contributed by atoms with Gasteiger partial charge < -0.3 is 10.2 Å². The molecule has 0 amide bonds. The highest BCUT2D eigenvalue weighted by Crippen LogP contribution is 2.23. The van der Waals surface area contributed by atoms with E-state index in [2.05, 4.69) is 25.3 Å². The van der Waals surface area contributed by atoms with Gasteiger partial charge in [-0.2, -0.15) is 0 Å². The molecule has 192 valence electrons. The van der Waals surface area contributed by atoms with Gasteiger partial charge >= 0.3 is 0 Å². The molecule has 0 bridgehead atoms. The van der Waals surface area contributed by atoms with E-state index in [-0.39, 0.29) is 11.6 Å². The van der Waals surface area contributed by atoms with E-state index < -0.39 is 0 Å². The molecule has 6 rings (SSSR count). The normalized spacial score (nSPS) is 14.3. The zero-order chi connectivity index (χ0) is 25.9. The number of piperazine rings is 1. The second kappa shape index (κ2) is 10.5. The zero-order valence-corrected chi connectivity index (χ0v) is 20.9. The summed E-state index contributed by atoms with van der Waals surface area (Å²) in [7, 11) is 0. The fourth-order valence-electron chi connectivity index (χ4n) is 5.00. The van der Waals surface area contributed by atoms with Crippen LogP contribution in [0.1, 0.15) is 22.3 Å². The van der Waals surface area contributed by atoms with Crippen molar-refractivity contribution in [2.45, 2.75) is 6.42 Å². The maximum atomic E-state index is 14.1. The lowest BCUT2D eigenvalue weighted by Crippen LogP contribution is -2.47. The van der Waals surface area contributed by atoms with Crippen molar-refractivity contribution in [3.8, 4) is 0 Å². The van der Waals surface area contributed by atoms with Crippen molar-refractivity contribution < 1.29 is 9.18 Å².